The standard InChI is InChI=1S/C15H21ClN2O.C13H10N2O2.C2H6O/c1-12(2)14(10-19)8-17-11-18(3)9-13-4-6-15(16)7-5-13;1-14-11-3-5-12(6-4-11)17-13-7-2-10(9-16)8-15-13;1-3-2/h4-8,10,12,17H,9,11H2,1-3H3;2-9H,1H2;1-2H3/b14-8+;;. The molecule has 0 saturated heterocycles. The zero-order valence-electron chi connectivity index (χ0n) is 23.1. The summed E-state index contributed by atoms with van der Waals surface area (Å²) < 4.78 is 9.74. The Morgan fingerprint density at radius 1 is 1.08 bits per heavy atom. The summed E-state index contributed by atoms with van der Waals surface area (Å²) in [5.41, 5.74) is 3.28. The van der Waals surface area contributed by atoms with Gasteiger partial charge in [-0.3, -0.25) is 19.5 Å². The van der Waals surface area contributed by atoms with E-state index >= 15 is 0 Å². The van der Waals surface area contributed by atoms with E-state index in [0.29, 0.717) is 23.9 Å². The molecule has 0 radical (unpaired) electrons. The van der Waals surface area contributed by atoms with Crippen molar-refractivity contribution in [2.75, 3.05) is 27.9 Å². The van der Waals surface area contributed by atoms with Gasteiger partial charge in [-0.25, -0.2) is 4.98 Å². The molecule has 0 aliphatic rings. The first-order chi connectivity index (χ1) is 18.8. The van der Waals surface area contributed by atoms with Gasteiger partial charge in [0.05, 0.1) is 12.4 Å². The van der Waals surface area contributed by atoms with Gasteiger partial charge < -0.3 is 14.8 Å². The van der Waals surface area contributed by atoms with Gasteiger partial charge in [0, 0.05) is 55.4 Å². The number of allylic oxidation sites excluding steroid dienone is 1. The van der Waals surface area contributed by atoms with E-state index in [-0.39, 0.29) is 5.92 Å². The average molecular weight is 553 g/mol. The van der Waals surface area contributed by atoms with Gasteiger partial charge >= 0.3 is 0 Å². The highest BCUT2D eigenvalue weighted by Gasteiger charge is 2.02. The lowest BCUT2D eigenvalue weighted by molar-refractivity contribution is -0.105. The highest BCUT2D eigenvalue weighted by molar-refractivity contribution is 6.30. The van der Waals surface area contributed by atoms with Crippen LogP contribution in [0.15, 0.2) is 83.6 Å². The van der Waals surface area contributed by atoms with E-state index in [1.807, 2.05) is 45.2 Å². The summed E-state index contributed by atoms with van der Waals surface area (Å²) in [5.74, 6) is 1.34. The number of nitrogens with zero attached hydrogens (tertiary/aromatic N) is 3. The van der Waals surface area contributed by atoms with Crippen LogP contribution < -0.4 is 10.1 Å². The van der Waals surface area contributed by atoms with Crippen LogP contribution >= 0.6 is 11.6 Å². The summed E-state index contributed by atoms with van der Waals surface area (Å²) in [7, 11) is 5.27. The molecule has 8 nitrogen and oxygen atoms in total. The smallest absolute Gasteiger partial charge is 0.219 e. The predicted molar refractivity (Wildman–Crippen MR) is 158 cm³/mol. The summed E-state index contributed by atoms with van der Waals surface area (Å²) in [4.78, 5) is 31.2. The predicted octanol–water partition coefficient (Wildman–Crippen LogP) is 6.34. The lowest BCUT2D eigenvalue weighted by atomic mass is 10.1. The van der Waals surface area contributed by atoms with E-state index in [1.54, 1.807) is 56.8 Å². The van der Waals surface area contributed by atoms with Crippen LogP contribution in [-0.2, 0) is 16.1 Å². The number of hydrogen-bond donors (Lipinski definition) is 1. The van der Waals surface area contributed by atoms with Gasteiger partial charge in [0.1, 0.15) is 12.0 Å². The summed E-state index contributed by atoms with van der Waals surface area (Å²) in [6, 6.07) is 18.2. The Hall–Kier alpha value is -3.85. The Bertz CT molecular complexity index is 1100. The Morgan fingerprint density at radius 3 is 2.21 bits per heavy atom. The molecule has 1 heterocycles. The number of rotatable bonds is 11. The van der Waals surface area contributed by atoms with Gasteiger partial charge in [-0.05, 0) is 67.7 Å². The highest BCUT2D eigenvalue weighted by Crippen LogP contribution is 2.22. The van der Waals surface area contributed by atoms with Gasteiger partial charge in [-0.15, -0.1) is 0 Å². The number of aldehydes is 2. The van der Waals surface area contributed by atoms with Crippen LogP contribution in [0, 0.1) is 5.92 Å². The molecule has 0 unspecified atom stereocenters. The highest BCUT2D eigenvalue weighted by atomic mass is 35.5. The van der Waals surface area contributed by atoms with Crippen LogP contribution in [-0.4, -0.2) is 57.1 Å². The van der Waals surface area contributed by atoms with Gasteiger partial charge in [-0.1, -0.05) is 37.6 Å². The topological polar surface area (TPSA) is 93.1 Å². The number of nitrogens with one attached hydrogen (secondary N) is 1. The number of pyridine rings is 1. The molecule has 208 valence electrons. The summed E-state index contributed by atoms with van der Waals surface area (Å²) >= 11 is 5.85. The van der Waals surface area contributed by atoms with Gasteiger partial charge in [0.2, 0.25) is 5.88 Å². The van der Waals surface area contributed by atoms with Crippen molar-refractivity contribution in [3.05, 3.63) is 94.8 Å². The Morgan fingerprint density at radius 2 is 1.72 bits per heavy atom. The molecule has 39 heavy (non-hydrogen) atoms. The van der Waals surface area contributed by atoms with Crippen LogP contribution in [0.3, 0.4) is 0 Å². The summed E-state index contributed by atoms with van der Waals surface area (Å²) in [6.45, 7) is 8.94. The molecule has 0 aliphatic carbocycles. The number of carbonyl (C=O) groups excluding carboxylic acids is 2. The maximum absolute atomic E-state index is 10.8. The minimum atomic E-state index is 0.242. The van der Waals surface area contributed by atoms with Crippen molar-refractivity contribution in [3.63, 3.8) is 0 Å². The number of methoxy groups -OCH3 is 1. The first-order valence-corrected chi connectivity index (χ1v) is 12.5. The van der Waals surface area contributed by atoms with E-state index < -0.39 is 0 Å². The van der Waals surface area contributed by atoms with Gasteiger partial charge in [-0.2, -0.15) is 0 Å². The first kappa shape index (κ1) is 33.2. The third-order valence-electron chi connectivity index (χ3n) is 4.94. The van der Waals surface area contributed by atoms with E-state index in [4.69, 9.17) is 16.3 Å². The van der Waals surface area contributed by atoms with Crippen LogP contribution in [0.1, 0.15) is 29.8 Å². The molecule has 0 fully saturated rings. The number of carbonyl (C=O) groups is 2. The van der Waals surface area contributed by atoms with Gasteiger partial charge in [0.15, 0.2) is 6.29 Å². The molecular weight excluding hydrogens is 516 g/mol. The molecule has 3 rings (SSSR count). The minimum absolute atomic E-state index is 0.242. The lowest BCUT2D eigenvalue weighted by Crippen LogP contribution is -2.28. The molecule has 0 bridgehead atoms. The molecule has 0 saturated carbocycles. The van der Waals surface area contributed by atoms with Crippen LogP contribution in [0.2, 0.25) is 5.02 Å². The number of aliphatic imine (C=N–C) groups is 1. The SMILES string of the molecule is C=Nc1ccc(Oc2ccc(C=O)cn2)cc1.CC(C)/C(C=O)=C/NCN(C)Cc1ccc(Cl)cc1.COC. The summed E-state index contributed by atoms with van der Waals surface area (Å²) in [6.07, 6.45) is 4.89. The number of hydrogen-bond acceptors (Lipinski definition) is 8. The number of aromatic nitrogens is 1. The second kappa shape index (κ2) is 19.3. The fourth-order valence-corrected chi connectivity index (χ4v) is 3.00. The number of ether oxygens (including phenoxy) is 2. The molecule has 3 aromatic rings. The molecule has 2 aromatic carbocycles. The zero-order chi connectivity index (χ0) is 29.0. The average Bonchev–Trinajstić information content (AvgIpc) is 2.94. The van der Waals surface area contributed by atoms with Crippen LogP contribution in [0.4, 0.5) is 5.69 Å². The van der Waals surface area contributed by atoms with Crippen molar-refractivity contribution in [2.45, 2.75) is 20.4 Å². The van der Waals surface area contributed by atoms with E-state index in [2.05, 4.69) is 31.6 Å². The second-order valence-corrected chi connectivity index (χ2v) is 9.07. The second-order valence-electron chi connectivity index (χ2n) is 8.63. The molecule has 9 heteroatoms. The van der Waals surface area contributed by atoms with Crippen molar-refractivity contribution in [2.24, 2.45) is 10.9 Å². The van der Waals surface area contributed by atoms with Crippen molar-refractivity contribution in [1.82, 2.24) is 15.2 Å². The van der Waals surface area contributed by atoms with Crippen molar-refractivity contribution >= 4 is 36.6 Å². The molecule has 1 N–H and O–H groups in total. The van der Waals surface area contributed by atoms with Crippen molar-refractivity contribution < 1.29 is 19.1 Å². The van der Waals surface area contributed by atoms with Crippen molar-refractivity contribution in [1.29, 1.82) is 0 Å². The Balaban J connectivity index is 0.000000356. The third kappa shape index (κ3) is 14.0. The van der Waals surface area contributed by atoms with Crippen LogP contribution in [0.25, 0.3) is 0 Å². The molecular formula is C30H37ClN4O4. The molecule has 0 atom stereocenters. The fraction of sp³-hybridized carbons (Fsp3) is 0.267. The number of benzene rings is 2. The lowest BCUT2D eigenvalue weighted by Gasteiger charge is -2.17. The van der Waals surface area contributed by atoms with Gasteiger partial charge in [0.25, 0.3) is 0 Å². The van der Waals surface area contributed by atoms with Crippen molar-refractivity contribution in [3.8, 4) is 11.6 Å². The van der Waals surface area contributed by atoms with E-state index in [0.717, 1.165) is 35.4 Å². The van der Waals surface area contributed by atoms with Crippen LogP contribution in [0.5, 0.6) is 11.6 Å². The molecule has 1 aromatic heterocycles. The monoisotopic (exact) mass is 552 g/mol. The fourth-order valence-electron chi connectivity index (χ4n) is 2.88. The first-order valence-electron chi connectivity index (χ1n) is 12.1. The number of halogens is 1. The maximum Gasteiger partial charge on any atom is 0.219 e. The maximum atomic E-state index is 10.8. The normalized spacial score (nSPS) is 10.5. The Kier molecular flexibility index (Phi) is 16.4. The zero-order valence-corrected chi connectivity index (χ0v) is 23.9. The molecule has 0 spiro atoms. The summed E-state index contributed by atoms with van der Waals surface area (Å²) in [5, 5.41) is 3.91. The quantitative estimate of drug-likeness (QED) is 0.128. The molecule has 0 aliphatic heterocycles. The van der Waals surface area contributed by atoms with E-state index in [1.165, 1.54) is 11.8 Å². The largest absolute Gasteiger partial charge is 0.439 e. The minimum Gasteiger partial charge on any atom is -0.439 e. The molecule has 0 amide bonds. The van der Waals surface area contributed by atoms with E-state index in [9.17, 15) is 9.59 Å². The Labute approximate surface area is 236 Å². The third-order valence-corrected chi connectivity index (χ3v) is 5.19.